The van der Waals surface area contributed by atoms with Gasteiger partial charge in [-0.2, -0.15) is 0 Å². The molecule has 0 spiro atoms. The second-order valence-electron chi connectivity index (χ2n) is 6.37. The number of carbonyl (C=O) groups excluding carboxylic acids is 2. The van der Waals surface area contributed by atoms with Crippen molar-refractivity contribution in [2.24, 2.45) is 0 Å². The highest BCUT2D eigenvalue weighted by Crippen LogP contribution is 2.24. The SMILES string of the molecule is O=C(Nn1cc(C(=O)Nc2ccc(F)cc2Cl)c2ccccc2c1=O)c1cnccn1. The quantitative estimate of drug-likeness (QED) is 0.510. The van der Waals surface area contributed by atoms with Gasteiger partial charge >= 0.3 is 0 Å². The van der Waals surface area contributed by atoms with Crippen LogP contribution in [0.3, 0.4) is 0 Å². The average molecular weight is 438 g/mol. The Hall–Kier alpha value is -4.11. The van der Waals surface area contributed by atoms with Gasteiger partial charge in [0.25, 0.3) is 17.4 Å². The van der Waals surface area contributed by atoms with Crippen LogP contribution < -0.4 is 16.3 Å². The summed E-state index contributed by atoms with van der Waals surface area (Å²) in [6.07, 6.45) is 5.18. The van der Waals surface area contributed by atoms with Crippen molar-refractivity contribution in [3.05, 3.63) is 99.7 Å². The fourth-order valence-electron chi connectivity index (χ4n) is 2.92. The van der Waals surface area contributed by atoms with Crippen LogP contribution in [-0.2, 0) is 0 Å². The molecule has 31 heavy (non-hydrogen) atoms. The average Bonchev–Trinajstić information content (AvgIpc) is 2.78. The van der Waals surface area contributed by atoms with Crippen LogP contribution in [0, 0.1) is 5.82 Å². The first-order valence-corrected chi connectivity index (χ1v) is 9.30. The number of amides is 2. The Morgan fingerprint density at radius 3 is 2.52 bits per heavy atom. The van der Waals surface area contributed by atoms with Gasteiger partial charge in [-0.05, 0) is 24.3 Å². The van der Waals surface area contributed by atoms with Crippen LogP contribution in [0.5, 0.6) is 0 Å². The number of hydrogen-bond acceptors (Lipinski definition) is 5. The molecule has 0 atom stereocenters. The molecule has 0 bridgehead atoms. The predicted molar refractivity (Wildman–Crippen MR) is 113 cm³/mol. The number of halogens is 2. The van der Waals surface area contributed by atoms with Gasteiger partial charge in [-0.25, -0.2) is 14.1 Å². The Bertz CT molecular complexity index is 1370. The molecule has 4 aromatic rings. The molecule has 10 heteroatoms. The Kier molecular flexibility index (Phi) is 5.42. The third-order valence-electron chi connectivity index (χ3n) is 4.37. The summed E-state index contributed by atoms with van der Waals surface area (Å²) in [5, 5.41) is 3.18. The van der Waals surface area contributed by atoms with Crippen molar-refractivity contribution in [1.82, 2.24) is 14.6 Å². The van der Waals surface area contributed by atoms with E-state index in [0.29, 0.717) is 5.39 Å². The lowest BCUT2D eigenvalue weighted by atomic mass is 10.1. The van der Waals surface area contributed by atoms with Crippen LogP contribution in [0.2, 0.25) is 5.02 Å². The summed E-state index contributed by atoms with van der Waals surface area (Å²) in [7, 11) is 0. The maximum absolute atomic E-state index is 13.3. The molecule has 0 aliphatic heterocycles. The third-order valence-corrected chi connectivity index (χ3v) is 4.68. The Morgan fingerprint density at radius 2 is 1.81 bits per heavy atom. The molecule has 0 aliphatic carbocycles. The molecule has 0 unspecified atom stereocenters. The zero-order chi connectivity index (χ0) is 22.0. The zero-order valence-corrected chi connectivity index (χ0v) is 16.4. The van der Waals surface area contributed by atoms with Gasteiger partial charge in [-0.15, -0.1) is 0 Å². The maximum Gasteiger partial charge on any atom is 0.290 e. The van der Waals surface area contributed by atoms with Gasteiger partial charge < -0.3 is 5.32 Å². The van der Waals surface area contributed by atoms with Gasteiger partial charge in [0.2, 0.25) is 0 Å². The Balaban J connectivity index is 1.76. The fourth-order valence-corrected chi connectivity index (χ4v) is 3.13. The lowest BCUT2D eigenvalue weighted by Gasteiger charge is -2.13. The van der Waals surface area contributed by atoms with Gasteiger partial charge in [-0.3, -0.25) is 24.8 Å². The van der Waals surface area contributed by atoms with E-state index in [1.165, 1.54) is 36.9 Å². The first-order valence-electron chi connectivity index (χ1n) is 8.92. The number of aromatic nitrogens is 3. The topological polar surface area (TPSA) is 106 Å². The Labute approximate surface area is 179 Å². The number of anilines is 1. The molecule has 0 radical (unpaired) electrons. The van der Waals surface area contributed by atoms with E-state index in [0.717, 1.165) is 16.8 Å². The summed E-state index contributed by atoms with van der Waals surface area (Å²) >= 11 is 5.99. The summed E-state index contributed by atoms with van der Waals surface area (Å²) in [6, 6.07) is 9.99. The predicted octanol–water partition coefficient (Wildman–Crippen LogP) is 3.22. The van der Waals surface area contributed by atoms with Crippen LogP contribution in [-0.4, -0.2) is 26.5 Å². The van der Waals surface area contributed by atoms with Gasteiger partial charge in [-0.1, -0.05) is 29.8 Å². The van der Waals surface area contributed by atoms with Crippen molar-refractivity contribution < 1.29 is 14.0 Å². The molecule has 154 valence electrons. The fraction of sp³-hybridized carbons (Fsp3) is 0. The van der Waals surface area contributed by atoms with Crippen LogP contribution in [0.4, 0.5) is 10.1 Å². The van der Waals surface area contributed by atoms with E-state index < -0.39 is 23.2 Å². The summed E-state index contributed by atoms with van der Waals surface area (Å²) in [6.45, 7) is 0. The molecule has 2 heterocycles. The minimum Gasteiger partial charge on any atom is -0.321 e. The van der Waals surface area contributed by atoms with E-state index in [1.54, 1.807) is 18.2 Å². The molecule has 8 nitrogen and oxygen atoms in total. The number of pyridine rings is 1. The van der Waals surface area contributed by atoms with Crippen molar-refractivity contribution in [3.8, 4) is 0 Å². The number of carbonyl (C=O) groups is 2. The molecule has 2 aromatic carbocycles. The molecule has 0 fully saturated rings. The van der Waals surface area contributed by atoms with E-state index in [9.17, 15) is 18.8 Å². The van der Waals surface area contributed by atoms with Crippen molar-refractivity contribution in [2.45, 2.75) is 0 Å². The van der Waals surface area contributed by atoms with Crippen LogP contribution >= 0.6 is 11.6 Å². The second kappa shape index (κ2) is 8.33. The van der Waals surface area contributed by atoms with E-state index in [-0.39, 0.29) is 27.4 Å². The standard InChI is InChI=1S/C21H13ClFN5O3/c22-16-9-12(23)5-6-17(16)26-19(29)15-11-28(21(31)14-4-2-1-3-13(14)15)27-20(30)18-10-24-7-8-25-18/h1-11H,(H,26,29)(H,27,30). The number of rotatable bonds is 4. The van der Waals surface area contributed by atoms with Crippen LogP contribution in [0.15, 0.2) is 72.0 Å². The summed E-state index contributed by atoms with van der Waals surface area (Å²) in [5.41, 5.74) is 2.14. The van der Waals surface area contributed by atoms with Gasteiger partial charge in [0, 0.05) is 29.4 Å². The second-order valence-corrected chi connectivity index (χ2v) is 6.78. The van der Waals surface area contributed by atoms with Crippen molar-refractivity contribution in [3.63, 3.8) is 0 Å². The van der Waals surface area contributed by atoms with E-state index in [4.69, 9.17) is 11.6 Å². The molecule has 0 saturated heterocycles. The smallest absolute Gasteiger partial charge is 0.290 e. The third kappa shape index (κ3) is 4.12. The van der Waals surface area contributed by atoms with Crippen molar-refractivity contribution >= 4 is 39.9 Å². The normalized spacial score (nSPS) is 10.6. The number of nitrogens with one attached hydrogen (secondary N) is 2. The van der Waals surface area contributed by atoms with Crippen LogP contribution in [0.25, 0.3) is 10.8 Å². The maximum atomic E-state index is 13.3. The van der Waals surface area contributed by atoms with Gasteiger partial charge in [0.15, 0.2) is 0 Å². The monoisotopic (exact) mass is 437 g/mol. The summed E-state index contributed by atoms with van der Waals surface area (Å²) in [5.74, 6) is -1.83. The number of fused-ring (bicyclic) bond motifs is 1. The lowest BCUT2D eigenvalue weighted by Crippen LogP contribution is -2.34. The highest BCUT2D eigenvalue weighted by Gasteiger charge is 2.18. The highest BCUT2D eigenvalue weighted by atomic mass is 35.5. The van der Waals surface area contributed by atoms with Gasteiger partial charge in [0.05, 0.1) is 22.5 Å². The van der Waals surface area contributed by atoms with Gasteiger partial charge in [0.1, 0.15) is 11.5 Å². The molecular weight excluding hydrogens is 425 g/mol. The van der Waals surface area contributed by atoms with E-state index >= 15 is 0 Å². The largest absolute Gasteiger partial charge is 0.321 e. The minimum absolute atomic E-state index is 0.00773. The lowest BCUT2D eigenvalue weighted by molar-refractivity contribution is 0.0995. The molecular formula is C21H13ClFN5O3. The first kappa shape index (κ1) is 20.2. The zero-order valence-electron chi connectivity index (χ0n) is 15.7. The first-order chi connectivity index (χ1) is 14.9. The summed E-state index contributed by atoms with van der Waals surface area (Å²) in [4.78, 5) is 45.9. The molecule has 2 N–H and O–H groups in total. The number of hydrogen-bond donors (Lipinski definition) is 2. The van der Waals surface area contributed by atoms with Crippen molar-refractivity contribution in [1.29, 1.82) is 0 Å². The summed E-state index contributed by atoms with van der Waals surface area (Å²) < 4.78 is 14.2. The molecule has 0 aliphatic rings. The Morgan fingerprint density at radius 1 is 1.03 bits per heavy atom. The minimum atomic E-state index is -0.682. The molecule has 0 saturated carbocycles. The number of benzene rings is 2. The molecule has 4 rings (SSSR count). The van der Waals surface area contributed by atoms with E-state index in [1.807, 2.05) is 0 Å². The highest BCUT2D eigenvalue weighted by molar-refractivity contribution is 6.34. The van der Waals surface area contributed by atoms with E-state index in [2.05, 4.69) is 20.7 Å². The number of nitrogens with zero attached hydrogens (tertiary/aromatic N) is 3. The molecule has 2 amide bonds. The van der Waals surface area contributed by atoms with Crippen molar-refractivity contribution in [2.75, 3.05) is 10.7 Å². The molecule has 2 aromatic heterocycles. The van der Waals surface area contributed by atoms with Crippen LogP contribution in [0.1, 0.15) is 20.8 Å².